The van der Waals surface area contributed by atoms with Crippen LogP contribution >= 0.6 is 0 Å². The van der Waals surface area contributed by atoms with Crippen molar-refractivity contribution in [3.8, 4) is 0 Å². The smallest absolute Gasteiger partial charge is 0.136 e. The molecule has 0 aliphatic rings. The van der Waals surface area contributed by atoms with Crippen molar-refractivity contribution in [2.45, 2.75) is 41.5 Å². The van der Waals surface area contributed by atoms with Gasteiger partial charge in [0.1, 0.15) is 11.5 Å². The van der Waals surface area contributed by atoms with Crippen LogP contribution in [0.5, 0.6) is 0 Å². The molecular weight excluding hydrogens is 184 g/mol. The van der Waals surface area contributed by atoms with Crippen molar-refractivity contribution in [1.82, 2.24) is 0 Å². The van der Waals surface area contributed by atoms with Crippen LogP contribution in [-0.2, 0) is 0 Å². The lowest BCUT2D eigenvalue weighted by Gasteiger charge is -1.93. The molecule has 1 nitrogen and oxygen atoms in total. The fourth-order valence-corrected chi connectivity index (χ4v) is 1.02. The van der Waals surface area contributed by atoms with E-state index >= 15 is 0 Å². The molecule has 1 rings (SSSR count). The minimum Gasteiger partial charge on any atom is -0.461 e. The first-order valence-corrected chi connectivity index (χ1v) is 5.54. The number of furan rings is 1. The van der Waals surface area contributed by atoms with Gasteiger partial charge in [-0.05, 0) is 25.5 Å². The lowest BCUT2D eigenvalue weighted by atomic mass is 10.1. The second-order valence-electron chi connectivity index (χ2n) is 2.63. The molecule has 0 N–H and O–H groups in total. The Kier molecular flexibility index (Phi) is 10.1. The van der Waals surface area contributed by atoms with Gasteiger partial charge < -0.3 is 4.42 Å². The second-order valence-corrected chi connectivity index (χ2v) is 2.63. The third kappa shape index (κ3) is 5.26. The summed E-state index contributed by atoms with van der Waals surface area (Å²) >= 11 is 0. The quantitative estimate of drug-likeness (QED) is 0.641. The average molecular weight is 208 g/mol. The summed E-state index contributed by atoms with van der Waals surface area (Å²) in [6.07, 6.45) is 1.78. The van der Waals surface area contributed by atoms with E-state index in [1.54, 1.807) is 6.08 Å². The van der Waals surface area contributed by atoms with Gasteiger partial charge in [0.15, 0.2) is 0 Å². The highest BCUT2D eigenvalue weighted by Crippen LogP contribution is 2.22. The minimum absolute atomic E-state index is 0.845. The van der Waals surface area contributed by atoms with Crippen molar-refractivity contribution < 1.29 is 4.42 Å². The summed E-state index contributed by atoms with van der Waals surface area (Å²) in [6.45, 7) is 19.3. The van der Waals surface area contributed by atoms with Crippen LogP contribution in [0.3, 0.4) is 0 Å². The fraction of sp³-hybridized carbons (Fsp3) is 0.429. The first-order valence-electron chi connectivity index (χ1n) is 5.54. The zero-order valence-electron chi connectivity index (χ0n) is 11.0. The predicted octanol–water partition coefficient (Wildman–Crippen LogP) is 5.32. The van der Waals surface area contributed by atoms with Crippen molar-refractivity contribution in [2.75, 3.05) is 0 Å². The molecule has 0 aliphatic carbocycles. The third-order valence-electron chi connectivity index (χ3n) is 1.49. The largest absolute Gasteiger partial charge is 0.461 e. The first-order chi connectivity index (χ1) is 7.15. The van der Waals surface area contributed by atoms with Crippen molar-refractivity contribution >= 4 is 11.6 Å². The highest BCUT2D eigenvalue weighted by Gasteiger charge is 2.05. The Hall–Kier alpha value is -1.24. The molecule has 0 atom stereocenters. The molecule has 0 fully saturated rings. The molecule has 0 saturated heterocycles. The molecule has 1 heteroatoms. The Bertz CT molecular complexity index is 292. The minimum atomic E-state index is 0.845. The van der Waals surface area contributed by atoms with Crippen LogP contribution in [0.1, 0.15) is 51.7 Å². The van der Waals surface area contributed by atoms with E-state index in [2.05, 4.69) is 13.2 Å². The molecule has 0 amide bonds. The van der Waals surface area contributed by atoms with E-state index in [0.717, 1.165) is 22.7 Å². The summed E-state index contributed by atoms with van der Waals surface area (Å²) in [5.74, 6) is 1.75. The van der Waals surface area contributed by atoms with Crippen molar-refractivity contribution in [3.63, 3.8) is 0 Å². The van der Waals surface area contributed by atoms with Crippen molar-refractivity contribution in [2.24, 2.45) is 0 Å². The molecule has 1 heterocycles. The lowest BCUT2D eigenvalue weighted by molar-refractivity contribution is 0.521. The highest BCUT2D eigenvalue weighted by molar-refractivity contribution is 5.67. The summed E-state index contributed by atoms with van der Waals surface area (Å²) < 4.78 is 5.40. The molecule has 1 aromatic heterocycles. The lowest BCUT2D eigenvalue weighted by Crippen LogP contribution is -1.74. The molecule has 0 radical (unpaired) electrons. The van der Waals surface area contributed by atoms with Crippen LogP contribution in [0.25, 0.3) is 11.6 Å². The van der Waals surface area contributed by atoms with E-state index in [1.165, 1.54) is 0 Å². The number of aryl methyl sites for hydroxylation is 1. The van der Waals surface area contributed by atoms with E-state index < -0.39 is 0 Å². The molecule has 15 heavy (non-hydrogen) atoms. The van der Waals surface area contributed by atoms with Gasteiger partial charge in [0.05, 0.1) is 0 Å². The molecule has 0 bridgehead atoms. The van der Waals surface area contributed by atoms with Gasteiger partial charge in [0.25, 0.3) is 0 Å². The molecule has 0 saturated carbocycles. The van der Waals surface area contributed by atoms with Crippen LogP contribution < -0.4 is 0 Å². The maximum absolute atomic E-state index is 5.40. The fourth-order valence-electron chi connectivity index (χ4n) is 1.02. The molecule has 86 valence electrons. The Labute approximate surface area is 94.5 Å². The predicted molar refractivity (Wildman–Crippen MR) is 70.9 cm³/mol. The van der Waals surface area contributed by atoms with Crippen LogP contribution in [0, 0.1) is 6.92 Å². The van der Waals surface area contributed by atoms with E-state index in [1.807, 2.05) is 47.6 Å². The van der Waals surface area contributed by atoms with Gasteiger partial charge in [0.2, 0.25) is 0 Å². The number of allylic oxidation sites excluding steroid dienone is 1. The molecule has 0 aliphatic heterocycles. The van der Waals surface area contributed by atoms with E-state index in [0.29, 0.717) is 0 Å². The number of hydrogen-bond acceptors (Lipinski definition) is 1. The van der Waals surface area contributed by atoms with Gasteiger partial charge in [-0.2, -0.15) is 0 Å². The van der Waals surface area contributed by atoms with Gasteiger partial charge in [0, 0.05) is 5.56 Å². The molecule has 0 spiro atoms. The number of rotatable bonds is 2. The summed E-state index contributed by atoms with van der Waals surface area (Å²) in [6, 6.07) is 1.96. The Morgan fingerprint density at radius 3 is 2.00 bits per heavy atom. The van der Waals surface area contributed by atoms with Crippen molar-refractivity contribution in [3.05, 3.63) is 36.3 Å². The normalized spacial score (nSPS) is 7.87. The van der Waals surface area contributed by atoms with E-state index in [4.69, 9.17) is 4.42 Å². The van der Waals surface area contributed by atoms with Crippen LogP contribution in [0.2, 0.25) is 0 Å². The standard InChI is InChI=1S/C10H12O.2C2H6/c1-5-9-6-8(4)11-10(9)7(2)3;2*1-2/h5-6H,1-2H2,3-4H3;2*1-2H3. The van der Waals surface area contributed by atoms with E-state index in [-0.39, 0.29) is 0 Å². The van der Waals surface area contributed by atoms with Gasteiger partial charge in [-0.15, -0.1) is 0 Å². The highest BCUT2D eigenvalue weighted by atomic mass is 16.3. The molecular formula is C14H24O. The third-order valence-corrected chi connectivity index (χ3v) is 1.49. The zero-order valence-corrected chi connectivity index (χ0v) is 11.0. The Morgan fingerprint density at radius 2 is 1.73 bits per heavy atom. The first kappa shape index (κ1) is 16.2. The SMILES string of the molecule is C=Cc1cc(C)oc1C(=C)C.CC.CC. The molecule has 1 aromatic rings. The summed E-state index contributed by atoms with van der Waals surface area (Å²) in [5, 5.41) is 0. The second kappa shape index (κ2) is 9.32. The monoisotopic (exact) mass is 208 g/mol. The van der Waals surface area contributed by atoms with Gasteiger partial charge in [-0.1, -0.05) is 46.9 Å². The van der Waals surface area contributed by atoms with Crippen LogP contribution in [0.4, 0.5) is 0 Å². The maximum atomic E-state index is 5.40. The van der Waals surface area contributed by atoms with Crippen molar-refractivity contribution in [1.29, 1.82) is 0 Å². The van der Waals surface area contributed by atoms with Crippen LogP contribution in [-0.4, -0.2) is 0 Å². The molecule has 0 unspecified atom stereocenters. The van der Waals surface area contributed by atoms with E-state index in [9.17, 15) is 0 Å². The summed E-state index contributed by atoms with van der Waals surface area (Å²) in [4.78, 5) is 0. The van der Waals surface area contributed by atoms with Gasteiger partial charge in [-0.3, -0.25) is 0 Å². The van der Waals surface area contributed by atoms with Gasteiger partial charge in [-0.25, -0.2) is 0 Å². The molecule has 0 aromatic carbocycles. The van der Waals surface area contributed by atoms with Crippen LogP contribution in [0.15, 0.2) is 23.6 Å². The Morgan fingerprint density at radius 1 is 1.27 bits per heavy atom. The summed E-state index contributed by atoms with van der Waals surface area (Å²) in [5.41, 5.74) is 1.96. The zero-order chi connectivity index (χ0) is 12.4. The average Bonchev–Trinajstić information content (AvgIpc) is 2.65. The topological polar surface area (TPSA) is 13.1 Å². The Balaban J connectivity index is 0. The maximum Gasteiger partial charge on any atom is 0.136 e. The number of hydrogen-bond donors (Lipinski definition) is 0. The summed E-state index contributed by atoms with van der Waals surface area (Å²) in [7, 11) is 0. The van der Waals surface area contributed by atoms with Gasteiger partial charge >= 0.3 is 0 Å².